The zero-order valence-electron chi connectivity index (χ0n) is 55.2. The van der Waals surface area contributed by atoms with Crippen molar-refractivity contribution in [2.75, 3.05) is 26.2 Å². The average Bonchev–Trinajstić information content (AvgIpc) is 1.66. The fourth-order valence-corrected chi connectivity index (χ4v) is 9.26. The summed E-state index contributed by atoms with van der Waals surface area (Å²) in [6.07, 6.45) is 2.95. The van der Waals surface area contributed by atoms with Crippen LogP contribution in [0.3, 0.4) is 0 Å². The summed E-state index contributed by atoms with van der Waals surface area (Å²) in [5.74, 6) is -12.1. The molecule has 0 saturated heterocycles. The Labute approximate surface area is 540 Å². The van der Waals surface area contributed by atoms with Crippen molar-refractivity contribution in [3.05, 3.63) is 29.8 Å². The lowest BCUT2D eigenvalue weighted by Crippen LogP contribution is -2.62. The van der Waals surface area contributed by atoms with Gasteiger partial charge in [-0.2, -0.15) is 0 Å². The van der Waals surface area contributed by atoms with Crippen LogP contribution in [0.4, 0.5) is 0 Å². The Bertz CT molecular complexity index is 2540. The smallest absolute Gasteiger partial charge is 0.325 e. The van der Waals surface area contributed by atoms with E-state index in [0.717, 1.165) is 0 Å². The SMILES string of the molecule is CC(C)[C@H](NC(=O)[C@H](Cc1ccc(O)cc1)NC(=O)[C@@H](NC(=O)[C@H](C)NC(=O)[C@H](C)NC(=O)[C@@H](NC(=O)[C@@H](NC(=O)[C@H](CCCCN)NC(=O)[C@H](CCCCN)NC(=O)[C@H](CCCCN)NC(=O)[C@@H](N)CCCCN)C(C)C)C(C)C)[C@@H](C)O)C(=O)N[C@@H](C)C(=O)O. The second kappa shape index (κ2) is 43.3. The van der Waals surface area contributed by atoms with Gasteiger partial charge in [0.15, 0.2) is 0 Å². The van der Waals surface area contributed by atoms with Crippen molar-refractivity contribution in [2.45, 2.75) is 231 Å². The maximum Gasteiger partial charge on any atom is 0.325 e. The lowest BCUT2D eigenvalue weighted by Gasteiger charge is -2.30. The highest BCUT2D eigenvalue weighted by Gasteiger charge is 2.38. The second-order valence-corrected chi connectivity index (χ2v) is 24.3. The van der Waals surface area contributed by atoms with E-state index in [-0.39, 0.29) is 38.0 Å². The van der Waals surface area contributed by atoms with E-state index in [9.17, 15) is 72.9 Å². The van der Waals surface area contributed by atoms with Crippen LogP contribution >= 0.6 is 0 Å². The van der Waals surface area contributed by atoms with Gasteiger partial charge in [0.25, 0.3) is 0 Å². The van der Waals surface area contributed by atoms with Crippen LogP contribution < -0.4 is 87.2 Å². The predicted octanol–water partition coefficient (Wildman–Crippen LogP) is -3.40. The lowest BCUT2D eigenvalue weighted by molar-refractivity contribution is -0.142. The number of carboxylic acids is 1. The molecule has 92 heavy (non-hydrogen) atoms. The first-order chi connectivity index (χ1) is 43.2. The minimum absolute atomic E-state index is 0.0738. The highest BCUT2D eigenvalue weighted by Crippen LogP contribution is 2.15. The van der Waals surface area contributed by atoms with Crippen LogP contribution in [0.25, 0.3) is 0 Å². The third kappa shape index (κ3) is 30.2. The van der Waals surface area contributed by atoms with E-state index in [1.807, 2.05) is 0 Å². The summed E-state index contributed by atoms with van der Waals surface area (Å²) in [7, 11) is 0. The van der Waals surface area contributed by atoms with Crippen LogP contribution in [-0.2, 0) is 64.0 Å². The topological polar surface area (TPSA) is 528 Å². The van der Waals surface area contributed by atoms with Crippen LogP contribution in [-0.4, -0.2) is 191 Å². The number of aliphatic hydroxyl groups excluding tert-OH is 1. The lowest BCUT2D eigenvalue weighted by atomic mass is 9.98. The summed E-state index contributed by atoms with van der Waals surface area (Å²) in [4.78, 5) is 163. The fraction of sp³-hybridized carbons (Fsp3) is 0.705. The Morgan fingerprint density at radius 3 is 1.03 bits per heavy atom. The van der Waals surface area contributed by atoms with E-state index in [1.54, 1.807) is 41.5 Å². The normalized spacial score (nSPS) is 15.6. The zero-order chi connectivity index (χ0) is 69.9. The van der Waals surface area contributed by atoms with E-state index < -0.39 is 167 Å². The Hall–Kier alpha value is -7.58. The molecule has 0 spiro atoms. The molecule has 0 fully saturated rings. The molecule has 0 aromatic heterocycles. The molecule has 1 aromatic rings. The van der Waals surface area contributed by atoms with Crippen LogP contribution in [0.1, 0.15) is 152 Å². The number of aliphatic hydroxyl groups is 1. The van der Waals surface area contributed by atoms with E-state index in [2.05, 4.69) is 58.5 Å². The minimum atomic E-state index is -1.74. The first-order valence-electron chi connectivity index (χ1n) is 31.8. The molecule has 0 aliphatic carbocycles. The second-order valence-electron chi connectivity index (χ2n) is 24.3. The van der Waals surface area contributed by atoms with Gasteiger partial charge in [0.1, 0.15) is 72.2 Å². The number of hydrogen-bond donors (Lipinski definition) is 19. The molecular weight excluding hydrogens is 1200 g/mol. The van der Waals surface area contributed by atoms with Gasteiger partial charge in [0, 0.05) is 6.42 Å². The molecule has 0 bridgehead atoms. The average molecular weight is 1310 g/mol. The summed E-state index contributed by atoms with van der Waals surface area (Å²) >= 11 is 0. The summed E-state index contributed by atoms with van der Waals surface area (Å²) in [5, 5.41) is 58.2. The first-order valence-corrected chi connectivity index (χ1v) is 31.8. The number of carboxylic acid groups (broad SMARTS) is 1. The quantitative estimate of drug-likeness (QED) is 0.0283. The molecule has 0 unspecified atom stereocenters. The Kier molecular flexibility index (Phi) is 38.8. The Morgan fingerprint density at radius 2 is 0.652 bits per heavy atom. The van der Waals surface area contributed by atoms with Crippen LogP contribution in [0.2, 0.25) is 0 Å². The van der Waals surface area contributed by atoms with Gasteiger partial charge in [-0.15, -0.1) is 0 Å². The molecule has 11 amide bonds. The molecule has 1 rings (SSSR count). The number of hydrogen-bond acceptors (Lipinski definition) is 19. The molecule has 0 radical (unpaired) electrons. The number of phenolic OH excluding ortho intramolecular Hbond substituents is 1. The third-order valence-corrected chi connectivity index (χ3v) is 15.1. The monoisotopic (exact) mass is 1300 g/mol. The van der Waals surface area contributed by atoms with Crippen molar-refractivity contribution in [2.24, 2.45) is 46.4 Å². The number of unbranched alkanes of at least 4 members (excludes halogenated alkanes) is 4. The summed E-state index contributed by atoms with van der Waals surface area (Å²) < 4.78 is 0. The molecule has 0 heterocycles. The van der Waals surface area contributed by atoms with Gasteiger partial charge in [-0.05, 0) is 160 Å². The predicted molar refractivity (Wildman–Crippen MR) is 343 cm³/mol. The summed E-state index contributed by atoms with van der Waals surface area (Å²) in [5.41, 5.74) is 29.5. The highest BCUT2D eigenvalue weighted by atomic mass is 16.4. The number of benzene rings is 1. The largest absolute Gasteiger partial charge is 0.508 e. The molecule has 522 valence electrons. The molecule has 0 aliphatic heterocycles. The summed E-state index contributed by atoms with van der Waals surface area (Å²) in [6, 6.07) is -9.96. The number of nitrogens with one attached hydrogen (secondary N) is 11. The minimum Gasteiger partial charge on any atom is -0.508 e. The molecule has 1 aromatic carbocycles. The van der Waals surface area contributed by atoms with E-state index >= 15 is 0 Å². The number of carbonyl (C=O) groups excluding carboxylic acids is 11. The molecule has 31 nitrogen and oxygen atoms in total. The fourth-order valence-electron chi connectivity index (χ4n) is 9.26. The molecule has 0 aliphatic rings. The number of amides is 11. The van der Waals surface area contributed by atoms with E-state index in [1.165, 1.54) is 52.0 Å². The van der Waals surface area contributed by atoms with E-state index in [4.69, 9.17) is 28.7 Å². The molecular formula is C61H108N16O15. The van der Waals surface area contributed by atoms with E-state index in [0.29, 0.717) is 83.0 Å². The summed E-state index contributed by atoms with van der Waals surface area (Å²) in [6.45, 7) is 16.0. The number of phenols is 1. The van der Waals surface area contributed by atoms with Gasteiger partial charge in [0.2, 0.25) is 65.0 Å². The van der Waals surface area contributed by atoms with Crippen molar-refractivity contribution in [1.29, 1.82) is 0 Å². The maximum absolute atomic E-state index is 14.3. The Morgan fingerprint density at radius 1 is 0.359 bits per heavy atom. The van der Waals surface area contributed by atoms with Crippen molar-refractivity contribution in [1.82, 2.24) is 58.5 Å². The third-order valence-electron chi connectivity index (χ3n) is 15.1. The van der Waals surface area contributed by atoms with Crippen molar-refractivity contribution in [3.63, 3.8) is 0 Å². The van der Waals surface area contributed by atoms with Gasteiger partial charge in [-0.1, -0.05) is 60.1 Å². The van der Waals surface area contributed by atoms with Gasteiger partial charge in [-0.3, -0.25) is 57.5 Å². The van der Waals surface area contributed by atoms with Crippen LogP contribution in [0.5, 0.6) is 5.75 Å². The standard InChI is InChI=1S/C61H108N16O15/c1-32(2)46(58(88)69-37(9)61(91)92)75-56(86)45(31-39-23-25-40(79)26-24-39)73-60(90)49(38(10)78)77-51(81)36(8)67-50(80)35(7)68-57(87)47(33(3)4)76-59(89)48(34(5)6)74-55(85)44(22-14-18-30-65)72-54(84)43(21-13-17-29-64)71-53(83)42(20-12-16-28-63)70-52(82)41(66)19-11-15-27-62/h23-26,32-38,41-49,78-79H,11-22,27-31,62-66H2,1-10H3,(H,67,80)(H,68,87)(H,69,88)(H,70,82)(H,71,83)(H,72,84)(H,73,90)(H,74,85)(H,75,86)(H,76,89)(H,77,81)(H,91,92)/t35-,36-,37-,38+,41-,42-,43-,44-,45-,46-,47-,48-,49-/m0/s1. The first kappa shape index (κ1) is 82.4. The zero-order valence-corrected chi connectivity index (χ0v) is 55.2. The van der Waals surface area contributed by atoms with Gasteiger partial charge in [0.05, 0.1) is 12.1 Å². The van der Waals surface area contributed by atoms with Crippen molar-refractivity contribution in [3.8, 4) is 5.75 Å². The molecule has 24 N–H and O–H groups in total. The highest BCUT2D eigenvalue weighted by molar-refractivity contribution is 5.99. The van der Waals surface area contributed by atoms with Gasteiger partial charge >= 0.3 is 5.97 Å². The number of aromatic hydroxyl groups is 1. The number of carbonyl (C=O) groups is 12. The Balaban J connectivity index is 3.31. The molecule has 0 saturated carbocycles. The van der Waals surface area contributed by atoms with Crippen molar-refractivity contribution >= 4 is 70.9 Å². The molecule has 31 heteroatoms. The number of aliphatic carboxylic acids is 1. The maximum atomic E-state index is 14.3. The molecule has 13 atom stereocenters. The number of nitrogens with two attached hydrogens (primary N) is 5. The number of rotatable bonds is 45. The van der Waals surface area contributed by atoms with Crippen LogP contribution in [0, 0.1) is 17.8 Å². The van der Waals surface area contributed by atoms with Crippen molar-refractivity contribution < 1.29 is 72.9 Å². The van der Waals surface area contributed by atoms with Gasteiger partial charge in [-0.25, -0.2) is 0 Å². The van der Waals surface area contributed by atoms with Crippen LogP contribution in [0.15, 0.2) is 24.3 Å². The van der Waals surface area contributed by atoms with Gasteiger partial charge < -0.3 is 102 Å².